The molecule has 0 aliphatic carbocycles. The summed E-state index contributed by atoms with van der Waals surface area (Å²) in [6.45, 7) is 6.11. The Morgan fingerprint density at radius 2 is 1.85 bits per heavy atom. The zero-order valence-electron chi connectivity index (χ0n) is 12.3. The monoisotopic (exact) mass is 332 g/mol. The van der Waals surface area contributed by atoms with Crippen molar-refractivity contribution in [2.45, 2.75) is 20.4 Å². The second-order valence-corrected chi connectivity index (χ2v) is 5.81. The zero-order chi connectivity index (χ0) is 14.5. The number of aryl methyl sites for hydroxylation is 1. The highest BCUT2D eigenvalue weighted by Crippen LogP contribution is 2.28. The lowest BCUT2D eigenvalue weighted by Crippen LogP contribution is -2.13. The van der Waals surface area contributed by atoms with E-state index in [0.29, 0.717) is 0 Å². The van der Waals surface area contributed by atoms with Gasteiger partial charge in [0.05, 0.1) is 0 Å². The van der Waals surface area contributed by atoms with Gasteiger partial charge < -0.3 is 10.2 Å². The normalized spacial score (nSPS) is 10.6. The van der Waals surface area contributed by atoms with Gasteiger partial charge in [-0.2, -0.15) is 0 Å². The molecule has 0 fully saturated rings. The van der Waals surface area contributed by atoms with Gasteiger partial charge in [0.15, 0.2) is 0 Å². The molecule has 0 aliphatic heterocycles. The van der Waals surface area contributed by atoms with Crippen molar-refractivity contribution in [3.05, 3.63) is 58.1 Å². The van der Waals surface area contributed by atoms with Crippen LogP contribution in [0.3, 0.4) is 0 Å². The third-order valence-corrected chi connectivity index (χ3v) is 4.12. The Labute approximate surface area is 129 Å². The van der Waals surface area contributed by atoms with Gasteiger partial charge in [0.2, 0.25) is 0 Å². The van der Waals surface area contributed by atoms with E-state index in [9.17, 15) is 0 Å². The molecule has 1 N–H and O–H groups in total. The zero-order valence-corrected chi connectivity index (χ0v) is 13.9. The molecule has 0 saturated carbocycles. The second-order valence-electron chi connectivity index (χ2n) is 4.95. The highest BCUT2D eigenvalue weighted by molar-refractivity contribution is 9.10. The summed E-state index contributed by atoms with van der Waals surface area (Å²) in [6, 6.07) is 15.1. The van der Waals surface area contributed by atoms with E-state index in [-0.39, 0.29) is 0 Å². The molecule has 20 heavy (non-hydrogen) atoms. The summed E-state index contributed by atoms with van der Waals surface area (Å²) in [5.41, 5.74) is 4.95. The van der Waals surface area contributed by atoms with Crippen LogP contribution in [0.2, 0.25) is 0 Å². The predicted molar refractivity (Wildman–Crippen MR) is 90.8 cm³/mol. The molecule has 0 saturated heterocycles. The van der Waals surface area contributed by atoms with Gasteiger partial charge in [0.1, 0.15) is 0 Å². The minimum Gasteiger partial charge on any atom is -0.345 e. The quantitative estimate of drug-likeness (QED) is 0.858. The topological polar surface area (TPSA) is 15.3 Å². The van der Waals surface area contributed by atoms with Gasteiger partial charge in [-0.25, -0.2) is 0 Å². The highest BCUT2D eigenvalue weighted by atomic mass is 79.9. The lowest BCUT2D eigenvalue weighted by atomic mass is 10.1. The van der Waals surface area contributed by atoms with E-state index in [1.54, 1.807) is 0 Å². The Bertz CT molecular complexity index is 581. The fraction of sp³-hybridized carbons (Fsp3) is 0.294. The largest absolute Gasteiger partial charge is 0.345 e. The molecule has 106 valence electrons. The molecule has 0 atom stereocenters. The first-order valence-electron chi connectivity index (χ1n) is 6.91. The molecule has 2 aromatic rings. The molecule has 0 unspecified atom stereocenters. The SMILES string of the molecule is CCNCc1ccc(N(C)c2cccc(C)c2)cc1Br. The first-order valence-corrected chi connectivity index (χ1v) is 7.70. The standard InChI is InChI=1S/C17H21BrN2/c1-4-19-12-14-8-9-16(11-17(14)18)20(3)15-7-5-6-13(2)10-15/h5-11,19H,4,12H2,1-3H3. The molecule has 2 aromatic carbocycles. The Morgan fingerprint density at radius 1 is 1.10 bits per heavy atom. The summed E-state index contributed by atoms with van der Waals surface area (Å²) >= 11 is 3.67. The van der Waals surface area contributed by atoms with E-state index in [1.165, 1.54) is 22.5 Å². The number of rotatable bonds is 5. The summed E-state index contributed by atoms with van der Waals surface area (Å²) in [5.74, 6) is 0. The fourth-order valence-corrected chi connectivity index (χ4v) is 2.64. The Kier molecular flexibility index (Phi) is 5.21. The molecule has 3 heteroatoms. The number of hydrogen-bond acceptors (Lipinski definition) is 2. The number of anilines is 2. The summed E-state index contributed by atoms with van der Waals surface area (Å²) in [7, 11) is 2.10. The Hall–Kier alpha value is -1.32. The van der Waals surface area contributed by atoms with E-state index in [0.717, 1.165) is 17.6 Å². The molecule has 2 rings (SSSR count). The maximum absolute atomic E-state index is 3.67. The fourth-order valence-electron chi connectivity index (χ4n) is 2.13. The number of hydrogen-bond donors (Lipinski definition) is 1. The predicted octanol–water partition coefficient (Wildman–Crippen LogP) is 4.63. The first-order chi connectivity index (χ1) is 9.61. The van der Waals surface area contributed by atoms with Gasteiger partial charge in [0, 0.05) is 29.4 Å². The summed E-state index contributed by atoms with van der Waals surface area (Å²) in [6.07, 6.45) is 0. The van der Waals surface area contributed by atoms with Crippen molar-refractivity contribution in [3.8, 4) is 0 Å². The lowest BCUT2D eigenvalue weighted by molar-refractivity contribution is 0.725. The average Bonchev–Trinajstić information content (AvgIpc) is 2.45. The molecule has 2 nitrogen and oxygen atoms in total. The molecular weight excluding hydrogens is 312 g/mol. The summed E-state index contributed by atoms with van der Waals surface area (Å²) < 4.78 is 1.15. The van der Waals surface area contributed by atoms with E-state index < -0.39 is 0 Å². The van der Waals surface area contributed by atoms with Gasteiger partial charge in [-0.05, 0) is 48.9 Å². The highest BCUT2D eigenvalue weighted by Gasteiger charge is 2.07. The molecule has 0 radical (unpaired) electrons. The molecule has 0 aliphatic rings. The van der Waals surface area contributed by atoms with Crippen molar-refractivity contribution >= 4 is 27.3 Å². The van der Waals surface area contributed by atoms with Crippen molar-refractivity contribution in [2.24, 2.45) is 0 Å². The van der Waals surface area contributed by atoms with Crippen LogP contribution in [-0.2, 0) is 6.54 Å². The summed E-state index contributed by atoms with van der Waals surface area (Å²) in [5, 5.41) is 3.35. The minimum absolute atomic E-state index is 0.894. The molecule has 0 heterocycles. The van der Waals surface area contributed by atoms with E-state index in [4.69, 9.17) is 0 Å². The third-order valence-electron chi connectivity index (χ3n) is 3.38. The van der Waals surface area contributed by atoms with E-state index in [1.807, 2.05) is 0 Å². The lowest BCUT2D eigenvalue weighted by Gasteiger charge is -2.21. The maximum Gasteiger partial charge on any atom is 0.0419 e. The van der Waals surface area contributed by atoms with Crippen molar-refractivity contribution < 1.29 is 0 Å². The number of nitrogens with one attached hydrogen (secondary N) is 1. The minimum atomic E-state index is 0.894. The first kappa shape index (κ1) is 15.1. The van der Waals surface area contributed by atoms with Gasteiger partial charge >= 0.3 is 0 Å². The van der Waals surface area contributed by atoms with Crippen LogP contribution in [0, 0.1) is 6.92 Å². The third kappa shape index (κ3) is 3.62. The van der Waals surface area contributed by atoms with Crippen molar-refractivity contribution in [1.82, 2.24) is 5.32 Å². The molecule has 0 aromatic heterocycles. The van der Waals surface area contributed by atoms with Crippen LogP contribution >= 0.6 is 15.9 Å². The van der Waals surface area contributed by atoms with E-state index in [2.05, 4.69) is 89.5 Å². The van der Waals surface area contributed by atoms with Gasteiger partial charge in [-0.1, -0.05) is 41.1 Å². The Balaban J connectivity index is 2.22. The Morgan fingerprint density at radius 3 is 2.50 bits per heavy atom. The molecule has 0 bridgehead atoms. The van der Waals surface area contributed by atoms with Crippen molar-refractivity contribution in [1.29, 1.82) is 0 Å². The van der Waals surface area contributed by atoms with Crippen LogP contribution in [0.25, 0.3) is 0 Å². The molecule has 0 spiro atoms. The average molecular weight is 333 g/mol. The number of nitrogens with zero attached hydrogens (tertiary/aromatic N) is 1. The van der Waals surface area contributed by atoms with Crippen molar-refractivity contribution in [2.75, 3.05) is 18.5 Å². The van der Waals surface area contributed by atoms with Crippen LogP contribution in [0.1, 0.15) is 18.1 Å². The van der Waals surface area contributed by atoms with Gasteiger partial charge in [0.25, 0.3) is 0 Å². The van der Waals surface area contributed by atoms with Gasteiger partial charge in [-0.15, -0.1) is 0 Å². The smallest absolute Gasteiger partial charge is 0.0419 e. The van der Waals surface area contributed by atoms with Crippen LogP contribution < -0.4 is 10.2 Å². The molecule has 0 amide bonds. The van der Waals surface area contributed by atoms with Crippen molar-refractivity contribution in [3.63, 3.8) is 0 Å². The van der Waals surface area contributed by atoms with Crippen LogP contribution in [-0.4, -0.2) is 13.6 Å². The second kappa shape index (κ2) is 6.91. The van der Waals surface area contributed by atoms with Crippen LogP contribution in [0.5, 0.6) is 0 Å². The number of benzene rings is 2. The number of halogens is 1. The van der Waals surface area contributed by atoms with E-state index >= 15 is 0 Å². The van der Waals surface area contributed by atoms with Gasteiger partial charge in [-0.3, -0.25) is 0 Å². The van der Waals surface area contributed by atoms with Crippen LogP contribution in [0.4, 0.5) is 11.4 Å². The maximum atomic E-state index is 3.67. The molecular formula is C17H21BrN2. The summed E-state index contributed by atoms with van der Waals surface area (Å²) in [4.78, 5) is 2.20. The van der Waals surface area contributed by atoms with Crippen LogP contribution in [0.15, 0.2) is 46.9 Å².